The molecular formula is C16H22N2O2. The zero-order valence-corrected chi connectivity index (χ0v) is 11.7. The Labute approximate surface area is 119 Å². The van der Waals surface area contributed by atoms with Crippen LogP contribution in [0.1, 0.15) is 36.0 Å². The van der Waals surface area contributed by atoms with Gasteiger partial charge in [0.2, 0.25) is 0 Å². The molecule has 2 saturated heterocycles. The molecule has 3 rings (SSSR count). The fourth-order valence-electron chi connectivity index (χ4n) is 3.19. The van der Waals surface area contributed by atoms with E-state index in [1.54, 1.807) is 0 Å². The van der Waals surface area contributed by atoms with Crippen LogP contribution in [0.5, 0.6) is 0 Å². The van der Waals surface area contributed by atoms with Gasteiger partial charge in [0.05, 0.1) is 11.7 Å². The van der Waals surface area contributed by atoms with E-state index < -0.39 is 0 Å². The topological polar surface area (TPSA) is 50.4 Å². The normalized spacial score (nSPS) is 24.7. The van der Waals surface area contributed by atoms with Gasteiger partial charge < -0.3 is 15.4 Å². The molecule has 1 spiro atoms. The molecule has 4 nitrogen and oxygen atoms in total. The van der Waals surface area contributed by atoms with Gasteiger partial charge in [0.25, 0.3) is 5.91 Å². The number of amides is 1. The second-order valence-corrected chi connectivity index (χ2v) is 5.79. The monoisotopic (exact) mass is 274 g/mol. The molecule has 2 fully saturated rings. The molecule has 1 unspecified atom stereocenters. The smallest absolute Gasteiger partial charge is 0.251 e. The number of carbonyl (C=O) groups is 1. The van der Waals surface area contributed by atoms with Crippen LogP contribution in [0.2, 0.25) is 0 Å². The third-order valence-corrected chi connectivity index (χ3v) is 4.38. The average Bonchev–Trinajstić information content (AvgIpc) is 2.89. The van der Waals surface area contributed by atoms with Gasteiger partial charge in [-0.1, -0.05) is 18.2 Å². The van der Waals surface area contributed by atoms with Crippen molar-refractivity contribution in [1.82, 2.24) is 10.6 Å². The van der Waals surface area contributed by atoms with Crippen molar-refractivity contribution in [1.29, 1.82) is 0 Å². The Kier molecular flexibility index (Phi) is 4.03. The summed E-state index contributed by atoms with van der Waals surface area (Å²) < 4.78 is 6.22. The first-order chi connectivity index (χ1) is 9.77. The zero-order chi connectivity index (χ0) is 13.8. The van der Waals surface area contributed by atoms with Crippen molar-refractivity contribution >= 4 is 5.91 Å². The molecule has 1 aromatic rings. The van der Waals surface area contributed by atoms with E-state index in [4.69, 9.17) is 4.74 Å². The van der Waals surface area contributed by atoms with Crippen molar-refractivity contribution in [3.8, 4) is 0 Å². The highest BCUT2D eigenvalue weighted by atomic mass is 16.5. The fourth-order valence-corrected chi connectivity index (χ4v) is 3.19. The Balaban J connectivity index is 1.49. The molecule has 0 radical (unpaired) electrons. The standard InChI is InChI=1S/C16H22N2O2/c19-15(13-4-2-1-3-5-13)18-12-14-6-7-16(20-14)8-10-17-11-9-16/h1-5,14,17H,6-12H2,(H,18,19). The molecule has 2 heterocycles. The number of benzene rings is 1. The van der Waals surface area contributed by atoms with Gasteiger partial charge in [-0.15, -0.1) is 0 Å². The van der Waals surface area contributed by atoms with Crippen LogP contribution < -0.4 is 10.6 Å². The quantitative estimate of drug-likeness (QED) is 0.882. The minimum Gasteiger partial charge on any atom is -0.370 e. The Morgan fingerprint density at radius 3 is 2.75 bits per heavy atom. The van der Waals surface area contributed by atoms with Gasteiger partial charge in [-0.2, -0.15) is 0 Å². The van der Waals surface area contributed by atoms with Gasteiger partial charge >= 0.3 is 0 Å². The molecule has 108 valence electrons. The summed E-state index contributed by atoms with van der Waals surface area (Å²) in [6.07, 6.45) is 4.53. The SMILES string of the molecule is O=C(NCC1CCC2(CCNCC2)O1)c1ccccc1. The number of hydrogen-bond acceptors (Lipinski definition) is 3. The number of carbonyl (C=O) groups excluding carboxylic acids is 1. The molecule has 2 aliphatic rings. The van der Waals surface area contributed by atoms with Crippen molar-refractivity contribution in [2.45, 2.75) is 37.4 Å². The lowest BCUT2D eigenvalue weighted by Gasteiger charge is -2.33. The molecule has 0 bridgehead atoms. The Hall–Kier alpha value is -1.39. The van der Waals surface area contributed by atoms with Crippen molar-refractivity contribution in [2.24, 2.45) is 0 Å². The number of hydrogen-bond donors (Lipinski definition) is 2. The largest absolute Gasteiger partial charge is 0.370 e. The summed E-state index contributed by atoms with van der Waals surface area (Å²) in [6.45, 7) is 2.70. The molecule has 0 saturated carbocycles. The highest BCUT2D eigenvalue weighted by Crippen LogP contribution is 2.36. The predicted molar refractivity (Wildman–Crippen MR) is 77.7 cm³/mol. The summed E-state index contributed by atoms with van der Waals surface area (Å²) in [6, 6.07) is 9.34. The van der Waals surface area contributed by atoms with E-state index in [0.717, 1.165) is 38.8 Å². The van der Waals surface area contributed by atoms with Crippen LogP contribution in [0.25, 0.3) is 0 Å². The fraction of sp³-hybridized carbons (Fsp3) is 0.562. The summed E-state index contributed by atoms with van der Waals surface area (Å²) >= 11 is 0. The summed E-state index contributed by atoms with van der Waals surface area (Å²) in [7, 11) is 0. The third-order valence-electron chi connectivity index (χ3n) is 4.38. The molecule has 1 amide bonds. The van der Waals surface area contributed by atoms with Gasteiger partial charge in [0, 0.05) is 12.1 Å². The lowest BCUT2D eigenvalue weighted by Crippen LogP contribution is -2.43. The molecule has 2 aliphatic heterocycles. The van der Waals surface area contributed by atoms with E-state index in [0.29, 0.717) is 12.1 Å². The average molecular weight is 274 g/mol. The van der Waals surface area contributed by atoms with Gasteiger partial charge in [0.15, 0.2) is 0 Å². The maximum absolute atomic E-state index is 12.0. The third kappa shape index (κ3) is 3.02. The van der Waals surface area contributed by atoms with Crippen molar-refractivity contribution in [2.75, 3.05) is 19.6 Å². The molecule has 2 N–H and O–H groups in total. The Morgan fingerprint density at radius 1 is 1.25 bits per heavy atom. The number of ether oxygens (including phenoxy) is 1. The van der Waals surface area contributed by atoms with Crippen LogP contribution >= 0.6 is 0 Å². The van der Waals surface area contributed by atoms with E-state index >= 15 is 0 Å². The first-order valence-electron chi connectivity index (χ1n) is 7.49. The first-order valence-corrected chi connectivity index (χ1v) is 7.49. The van der Waals surface area contributed by atoms with Crippen LogP contribution in [0.15, 0.2) is 30.3 Å². The van der Waals surface area contributed by atoms with Crippen molar-refractivity contribution in [3.63, 3.8) is 0 Å². The maximum atomic E-state index is 12.0. The van der Waals surface area contributed by atoms with E-state index in [1.165, 1.54) is 0 Å². The maximum Gasteiger partial charge on any atom is 0.251 e. The molecule has 0 aromatic heterocycles. The second-order valence-electron chi connectivity index (χ2n) is 5.79. The highest BCUT2D eigenvalue weighted by Gasteiger charge is 2.40. The lowest BCUT2D eigenvalue weighted by atomic mass is 9.89. The van der Waals surface area contributed by atoms with E-state index in [-0.39, 0.29) is 17.6 Å². The van der Waals surface area contributed by atoms with Gasteiger partial charge in [0.1, 0.15) is 0 Å². The molecule has 20 heavy (non-hydrogen) atoms. The molecular weight excluding hydrogens is 252 g/mol. The number of piperidine rings is 1. The summed E-state index contributed by atoms with van der Waals surface area (Å²) in [5.41, 5.74) is 0.787. The summed E-state index contributed by atoms with van der Waals surface area (Å²) in [5, 5.41) is 6.36. The molecule has 1 aromatic carbocycles. The van der Waals surface area contributed by atoms with Crippen LogP contribution in [0.4, 0.5) is 0 Å². The molecule has 4 heteroatoms. The molecule has 1 atom stereocenters. The van der Waals surface area contributed by atoms with Gasteiger partial charge in [-0.3, -0.25) is 4.79 Å². The number of rotatable bonds is 3. The zero-order valence-electron chi connectivity index (χ0n) is 11.7. The van der Waals surface area contributed by atoms with Crippen LogP contribution in [-0.4, -0.2) is 37.2 Å². The Bertz CT molecular complexity index is 455. The van der Waals surface area contributed by atoms with E-state index in [1.807, 2.05) is 30.3 Å². The Morgan fingerprint density at radius 2 is 2.00 bits per heavy atom. The van der Waals surface area contributed by atoms with Gasteiger partial charge in [-0.25, -0.2) is 0 Å². The van der Waals surface area contributed by atoms with E-state index in [2.05, 4.69) is 10.6 Å². The van der Waals surface area contributed by atoms with Gasteiger partial charge in [-0.05, 0) is 50.9 Å². The molecule has 0 aliphatic carbocycles. The highest BCUT2D eigenvalue weighted by molar-refractivity contribution is 5.94. The van der Waals surface area contributed by atoms with Crippen LogP contribution in [-0.2, 0) is 4.74 Å². The number of nitrogens with one attached hydrogen (secondary N) is 2. The van der Waals surface area contributed by atoms with Crippen LogP contribution in [0, 0.1) is 0 Å². The lowest BCUT2D eigenvalue weighted by molar-refractivity contribution is -0.0576. The summed E-state index contributed by atoms with van der Waals surface area (Å²) in [5.74, 6) is -0.0135. The summed E-state index contributed by atoms with van der Waals surface area (Å²) in [4.78, 5) is 12.0. The van der Waals surface area contributed by atoms with Crippen LogP contribution in [0.3, 0.4) is 0 Å². The second kappa shape index (κ2) is 5.94. The first kappa shape index (κ1) is 13.6. The van der Waals surface area contributed by atoms with Crippen molar-refractivity contribution in [3.05, 3.63) is 35.9 Å². The minimum atomic E-state index is -0.0135. The minimum absolute atomic E-state index is 0.0135. The van der Waals surface area contributed by atoms with E-state index in [9.17, 15) is 4.79 Å². The van der Waals surface area contributed by atoms with Crippen molar-refractivity contribution < 1.29 is 9.53 Å². The predicted octanol–water partition coefficient (Wildman–Crippen LogP) is 1.72.